The lowest BCUT2D eigenvalue weighted by Gasteiger charge is -2.53. The summed E-state index contributed by atoms with van der Waals surface area (Å²) in [6.07, 6.45) is 6.29. The van der Waals surface area contributed by atoms with Crippen LogP contribution in [0.15, 0.2) is 42.9 Å². The Labute approximate surface area is 249 Å². The Balaban J connectivity index is 1.27. The maximum atomic E-state index is 14.9. The monoisotopic (exact) mass is 589 g/mol. The Kier molecular flexibility index (Phi) is 7.02. The molecule has 1 amide bonds. The summed E-state index contributed by atoms with van der Waals surface area (Å²) in [7, 11) is 5.11. The van der Waals surface area contributed by atoms with Crippen LogP contribution in [0, 0.1) is 5.82 Å². The van der Waals surface area contributed by atoms with E-state index < -0.39 is 11.4 Å². The number of nitrogens with one attached hydrogen (secondary N) is 1. The second-order valence-corrected chi connectivity index (χ2v) is 12.1. The molecule has 0 radical (unpaired) electrons. The first-order valence-electron chi connectivity index (χ1n) is 14.2. The van der Waals surface area contributed by atoms with Crippen LogP contribution in [0.5, 0.6) is 11.5 Å². The highest BCUT2D eigenvalue weighted by Gasteiger charge is 2.53. The fourth-order valence-corrected chi connectivity index (χ4v) is 5.99. The maximum Gasteiger partial charge on any atom is 0.410 e. The molecule has 1 spiro atoms. The van der Waals surface area contributed by atoms with Gasteiger partial charge in [0.25, 0.3) is 0 Å². The van der Waals surface area contributed by atoms with Crippen LogP contribution in [0.25, 0.3) is 22.3 Å². The quantitative estimate of drug-likeness (QED) is 0.311. The predicted octanol–water partition coefficient (Wildman–Crippen LogP) is 5.52. The lowest BCUT2D eigenvalue weighted by molar-refractivity contribution is -0.00707. The molecule has 1 aromatic carbocycles. The second-order valence-electron chi connectivity index (χ2n) is 12.1. The van der Waals surface area contributed by atoms with Gasteiger partial charge in [-0.05, 0) is 45.7 Å². The highest BCUT2D eigenvalue weighted by atomic mass is 19.1. The predicted molar refractivity (Wildman–Crippen MR) is 162 cm³/mol. The van der Waals surface area contributed by atoms with E-state index >= 15 is 0 Å². The van der Waals surface area contributed by atoms with Crippen molar-refractivity contribution in [3.63, 3.8) is 0 Å². The largest absolute Gasteiger partial charge is 0.494 e. The van der Waals surface area contributed by atoms with Gasteiger partial charge in [-0.1, -0.05) is 0 Å². The smallest absolute Gasteiger partial charge is 0.410 e. The lowest BCUT2D eigenvalue weighted by Crippen LogP contribution is -2.69. The van der Waals surface area contributed by atoms with E-state index in [4.69, 9.17) is 14.2 Å². The summed E-state index contributed by atoms with van der Waals surface area (Å²) in [6, 6.07) is 7.52. The maximum absolute atomic E-state index is 14.9. The molecular formula is C31H36FN7O4. The SMILES string of the molecule is COc1cc(N2CCCC23CN(C(=O)OC(C)(C)C)C3)c(OC)cc1Nc1ncc(F)c(-c2cnc3c(ccn3C)c2)n1. The van der Waals surface area contributed by atoms with Crippen molar-refractivity contribution < 1.29 is 23.4 Å². The summed E-state index contributed by atoms with van der Waals surface area (Å²) in [5, 5.41) is 4.06. The fourth-order valence-electron chi connectivity index (χ4n) is 5.99. The first-order valence-corrected chi connectivity index (χ1v) is 14.2. The zero-order valence-electron chi connectivity index (χ0n) is 25.3. The molecule has 6 rings (SSSR count). The van der Waals surface area contributed by atoms with Crippen LogP contribution in [0.4, 0.5) is 26.5 Å². The number of aryl methyl sites for hydroxylation is 1. The molecule has 2 aliphatic heterocycles. The average Bonchev–Trinajstić information content (AvgIpc) is 3.56. The van der Waals surface area contributed by atoms with Gasteiger partial charge in [0.05, 0.1) is 37.3 Å². The number of hydrogen-bond donors (Lipinski definition) is 1. The van der Waals surface area contributed by atoms with E-state index in [1.165, 1.54) is 0 Å². The normalized spacial score (nSPS) is 16.0. The second kappa shape index (κ2) is 10.6. The van der Waals surface area contributed by atoms with E-state index in [0.717, 1.165) is 42.3 Å². The molecule has 0 bridgehead atoms. The third-order valence-corrected chi connectivity index (χ3v) is 7.98. The summed E-state index contributed by atoms with van der Waals surface area (Å²) in [4.78, 5) is 29.8. The average molecular weight is 590 g/mol. The van der Waals surface area contributed by atoms with Crippen molar-refractivity contribution in [3.8, 4) is 22.8 Å². The molecule has 12 heteroatoms. The standard InChI is InChI=1S/C31H36FN7O4/c1-30(2,3)43-29(40)38-17-31(18-38)9-7-10-39(31)23-14-24(41-5)22(13-25(23)42-6)35-28-34-16-21(32)26(36-28)20-12-19-8-11-37(4)27(19)33-15-20/h8,11-16H,7,9-10,17-18H2,1-6H3,(H,34,35,36). The van der Waals surface area contributed by atoms with Gasteiger partial charge in [-0.15, -0.1) is 0 Å². The van der Waals surface area contributed by atoms with Crippen LogP contribution in [0.1, 0.15) is 33.6 Å². The highest BCUT2D eigenvalue weighted by Crippen LogP contribution is 2.47. The van der Waals surface area contributed by atoms with Gasteiger partial charge in [0.2, 0.25) is 5.95 Å². The molecule has 5 heterocycles. The lowest BCUT2D eigenvalue weighted by atomic mass is 9.87. The molecule has 3 aromatic heterocycles. The van der Waals surface area contributed by atoms with Crippen molar-refractivity contribution in [2.24, 2.45) is 7.05 Å². The van der Waals surface area contributed by atoms with Gasteiger partial charge in [-0.25, -0.2) is 24.1 Å². The fraction of sp³-hybridized carbons (Fsp3) is 0.419. The van der Waals surface area contributed by atoms with Crippen molar-refractivity contribution in [3.05, 3.63) is 48.7 Å². The minimum Gasteiger partial charge on any atom is -0.494 e. The molecule has 2 aliphatic rings. The summed E-state index contributed by atoms with van der Waals surface area (Å²) in [5.74, 6) is 0.814. The number of nitrogens with zero attached hydrogens (tertiary/aromatic N) is 6. The van der Waals surface area contributed by atoms with Gasteiger partial charge in [-0.2, -0.15) is 0 Å². The number of amides is 1. The molecule has 2 fully saturated rings. The number of benzene rings is 1. The van der Waals surface area contributed by atoms with E-state index in [-0.39, 0.29) is 23.3 Å². The van der Waals surface area contributed by atoms with Crippen LogP contribution < -0.4 is 19.7 Å². The van der Waals surface area contributed by atoms with Crippen molar-refractivity contribution in [1.82, 2.24) is 24.4 Å². The topological polar surface area (TPSA) is 107 Å². The van der Waals surface area contributed by atoms with E-state index in [2.05, 4.69) is 25.2 Å². The molecule has 0 saturated carbocycles. The number of halogens is 1. The molecule has 0 aliphatic carbocycles. The van der Waals surface area contributed by atoms with Crippen LogP contribution >= 0.6 is 0 Å². The number of aromatic nitrogens is 4. The number of hydrogen-bond acceptors (Lipinski definition) is 9. The Morgan fingerprint density at radius 3 is 2.56 bits per heavy atom. The summed E-state index contributed by atoms with van der Waals surface area (Å²) < 4.78 is 34.0. The van der Waals surface area contributed by atoms with Crippen LogP contribution in [-0.2, 0) is 11.8 Å². The third-order valence-electron chi connectivity index (χ3n) is 7.98. The molecule has 1 N–H and O–H groups in total. The molecule has 4 aromatic rings. The number of carbonyl (C=O) groups excluding carboxylic acids is 1. The Morgan fingerprint density at radius 1 is 1.07 bits per heavy atom. The van der Waals surface area contributed by atoms with E-state index in [1.807, 2.05) is 62.8 Å². The van der Waals surface area contributed by atoms with Crippen LogP contribution in [0.3, 0.4) is 0 Å². The van der Waals surface area contributed by atoms with Gasteiger partial charge in [-0.3, -0.25) is 0 Å². The van der Waals surface area contributed by atoms with E-state index in [9.17, 15) is 9.18 Å². The molecule has 43 heavy (non-hydrogen) atoms. The number of ether oxygens (including phenoxy) is 3. The number of methoxy groups -OCH3 is 2. The summed E-state index contributed by atoms with van der Waals surface area (Å²) in [5.41, 5.74) is 2.17. The number of rotatable bonds is 6. The molecule has 226 valence electrons. The van der Waals surface area contributed by atoms with Crippen molar-refractivity contribution in [1.29, 1.82) is 0 Å². The summed E-state index contributed by atoms with van der Waals surface area (Å²) in [6.45, 7) is 7.57. The number of carbonyl (C=O) groups is 1. The number of likely N-dealkylation sites (tertiary alicyclic amines) is 1. The first-order chi connectivity index (χ1) is 20.5. The van der Waals surface area contributed by atoms with Gasteiger partial charge < -0.3 is 33.9 Å². The Hall–Kier alpha value is -4.61. The van der Waals surface area contributed by atoms with Gasteiger partial charge in [0.1, 0.15) is 28.4 Å². The molecule has 0 atom stereocenters. The minimum atomic E-state index is -0.553. The van der Waals surface area contributed by atoms with Gasteiger partial charge >= 0.3 is 6.09 Å². The zero-order chi connectivity index (χ0) is 30.5. The van der Waals surface area contributed by atoms with Crippen molar-refractivity contribution in [2.75, 3.05) is 44.1 Å². The molecule has 0 unspecified atom stereocenters. The van der Waals surface area contributed by atoms with Crippen LogP contribution in [-0.4, -0.2) is 75.5 Å². The molecular weight excluding hydrogens is 553 g/mol. The number of fused-ring (bicyclic) bond motifs is 1. The van der Waals surface area contributed by atoms with Gasteiger partial charge in [0, 0.05) is 62.2 Å². The van der Waals surface area contributed by atoms with E-state index in [1.54, 1.807) is 25.3 Å². The van der Waals surface area contributed by atoms with Crippen molar-refractivity contribution in [2.45, 2.75) is 44.8 Å². The molecule has 2 saturated heterocycles. The zero-order valence-corrected chi connectivity index (χ0v) is 25.3. The Bertz CT molecular complexity index is 1690. The molecule has 11 nitrogen and oxygen atoms in total. The Morgan fingerprint density at radius 2 is 1.84 bits per heavy atom. The van der Waals surface area contributed by atoms with Crippen LogP contribution in [0.2, 0.25) is 0 Å². The summed E-state index contributed by atoms with van der Waals surface area (Å²) >= 11 is 0. The minimum absolute atomic E-state index is 0.136. The first kappa shape index (κ1) is 28.5. The van der Waals surface area contributed by atoms with Gasteiger partial charge in [0.15, 0.2) is 5.82 Å². The highest BCUT2D eigenvalue weighted by molar-refractivity contribution is 5.82. The number of anilines is 3. The third kappa shape index (κ3) is 5.26. The van der Waals surface area contributed by atoms with Crippen molar-refractivity contribution >= 4 is 34.4 Å². The van der Waals surface area contributed by atoms with E-state index in [0.29, 0.717) is 35.8 Å². The number of pyridine rings is 1.